The number of sulfonamides is 1. The van der Waals surface area contributed by atoms with Crippen LogP contribution in [-0.4, -0.2) is 38.2 Å². The summed E-state index contributed by atoms with van der Waals surface area (Å²) >= 11 is 0. The number of amides is 1. The van der Waals surface area contributed by atoms with E-state index in [-0.39, 0.29) is 22.8 Å². The first-order valence-electron chi connectivity index (χ1n) is 8.99. The normalized spacial score (nSPS) is 22.0. The maximum absolute atomic E-state index is 12.7. The van der Waals surface area contributed by atoms with Crippen LogP contribution in [0.4, 0.5) is 0 Å². The van der Waals surface area contributed by atoms with Crippen molar-refractivity contribution >= 4 is 21.8 Å². The molecule has 2 unspecified atom stereocenters. The number of carbonyl (C=O) groups is 1. The van der Waals surface area contributed by atoms with Gasteiger partial charge in [-0.25, -0.2) is 0 Å². The van der Waals surface area contributed by atoms with E-state index in [0.29, 0.717) is 30.2 Å². The quantitative estimate of drug-likeness (QED) is 0.873. The van der Waals surface area contributed by atoms with Crippen LogP contribution in [0.25, 0.3) is 0 Å². The summed E-state index contributed by atoms with van der Waals surface area (Å²) in [5.41, 5.74) is 0.613. The zero-order valence-corrected chi connectivity index (χ0v) is 15.8. The highest BCUT2D eigenvalue weighted by atomic mass is 32.2. The first-order chi connectivity index (χ1) is 13.0. The summed E-state index contributed by atoms with van der Waals surface area (Å²) in [6, 6.07) is 10.2. The van der Waals surface area contributed by atoms with Crippen molar-refractivity contribution in [3.8, 4) is 0 Å². The minimum absolute atomic E-state index is 0.0571. The minimum atomic E-state index is -3.66. The topological polar surface area (TPSA) is 92.0 Å². The third-order valence-electron chi connectivity index (χ3n) is 5.03. The Balaban J connectivity index is 1.50. The van der Waals surface area contributed by atoms with Crippen LogP contribution in [0.5, 0.6) is 0 Å². The van der Waals surface area contributed by atoms with Crippen molar-refractivity contribution < 1.29 is 17.6 Å². The number of amidine groups is 1. The summed E-state index contributed by atoms with van der Waals surface area (Å²) in [4.78, 5) is 14.8. The molecule has 0 spiro atoms. The van der Waals surface area contributed by atoms with Crippen LogP contribution in [0, 0.1) is 5.92 Å². The van der Waals surface area contributed by atoms with E-state index >= 15 is 0 Å². The molecule has 1 aromatic heterocycles. The molecule has 1 saturated heterocycles. The Labute approximate surface area is 158 Å². The smallest absolute Gasteiger partial charge is 0.285 e. The first kappa shape index (κ1) is 17.8. The third-order valence-corrected chi connectivity index (χ3v) is 6.36. The molecule has 2 aromatic rings. The molecule has 142 valence electrons. The number of hydrogen-bond donors (Lipinski definition) is 1. The number of rotatable bonds is 3. The van der Waals surface area contributed by atoms with E-state index < -0.39 is 10.0 Å². The van der Waals surface area contributed by atoms with Gasteiger partial charge in [0.1, 0.15) is 10.7 Å². The maximum atomic E-state index is 12.7. The Kier molecular flexibility index (Phi) is 4.51. The molecule has 1 fully saturated rings. The average molecular weight is 387 g/mol. The van der Waals surface area contributed by atoms with E-state index in [4.69, 9.17) is 4.42 Å². The molecule has 1 amide bonds. The molecule has 0 bridgehead atoms. The van der Waals surface area contributed by atoms with Gasteiger partial charge in [0.05, 0.1) is 18.2 Å². The predicted octanol–water partition coefficient (Wildman–Crippen LogP) is 2.32. The molecule has 2 aliphatic heterocycles. The van der Waals surface area contributed by atoms with Crippen LogP contribution >= 0.6 is 0 Å². The number of piperidine rings is 1. The molecule has 1 N–H and O–H groups in total. The molecule has 1 aromatic carbocycles. The lowest BCUT2D eigenvalue weighted by Crippen LogP contribution is -2.45. The monoisotopic (exact) mass is 387 g/mol. The van der Waals surface area contributed by atoms with Crippen molar-refractivity contribution in [2.24, 2.45) is 10.3 Å². The summed E-state index contributed by atoms with van der Waals surface area (Å²) in [7, 11) is -3.66. The summed E-state index contributed by atoms with van der Waals surface area (Å²) in [6.07, 6.45) is 3.14. The standard InChI is InChI=1S/C19H21N3O4S/c1-13(16-8-5-11-26-16)20-19(23)14-6-4-10-22(12-14)18-15-7-2-3-9-17(15)27(24,25)21-18/h2-3,5,7-9,11,13-14H,4,6,10,12H2,1H3,(H,20,23). The number of fused-ring (bicyclic) bond motifs is 1. The van der Waals surface area contributed by atoms with E-state index in [0.717, 1.165) is 12.8 Å². The highest BCUT2D eigenvalue weighted by Gasteiger charge is 2.35. The molecule has 3 heterocycles. The van der Waals surface area contributed by atoms with Crippen molar-refractivity contribution in [2.45, 2.75) is 30.7 Å². The van der Waals surface area contributed by atoms with Crippen LogP contribution in [0.15, 0.2) is 56.4 Å². The Morgan fingerprint density at radius 1 is 1.30 bits per heavy atom. The van der Waals surface area contributed by atoms with Gasteiger partial charge in [0.25, 0.3) is 10.0 Å². The van der Waals surface area contributed by atoms with Crippen molar-refractivity contribution in [3.63, 3.8) is 0 Å². The van der Waals surface area contributed by atoms with E-state index in [1.54, 1.807) is 36.6 Å². The molecule has 0 aliphatic carbocycles. The lowest BCUT2D eigenvalue weighted by atomic mass is 9.96. The largest absolute Gasteiger partial charge is 0.467 e. The second-order valence-corrected chi connectivity index (χ2v) is 8.49. The molecule has 8 heteroatoms. The zero-order chi connectivity index (χ0) is 19.0. The Hall–Kier alpha value is -2.61. The van der Waals surface area contributed by atoms with Gasteiger partial charge in [0.2, 0.25) is 5.91 Å². The minimum Gasteiger partial charge on any atom is -0.467 e. The van der Waals surface area contributed by atoms with Gasteiger partial charge < -0.3 is 14.6 Å². The number of likely N-dealkylation sites (tertiary alicyclic amines) is 1. The molecule has 4 rings (SSSR count). The Bertz CT molecular complexity index is 982. The number of nitrogens with zero attached hydrogens (tertiary/aromatic N) is 2. The second-order valence-electron chi connectivity index (χ2n) is 6.92. The molecular formula is C19H21N3O4S. The van der Waals surface area contributed by atoms with Crippen LogP contribution in [0.1, 0.15) is 37.1 Å². The number of hydrogen-bond acceptors (Lipinski definition) is 5. The van der Waals surface area contributed by atoms with Gasteiger partial charge in [-0.3, -0.25) is 4.79 Å². The lowest BCUT2D eigenvalue weighted by molar-refractivity contribution is -0.127. The molecule has 7 nitrogen and oxygen atoms in total. The van der Waals surface area contributed by atoms with Gasteiger partial charge in [-0.05, 0) is 44.0 Å². The fourth-order valence-corrected chi connectivity index (χ4v) is 4.87. The van der Waals surface area contributed by atoms with Crippen molar-refractivity contribution in [3.05, 3.63) is 54.0 Å². The first-order valence-corrected chi connectivity index (χ1v) is 10.4. The van der Waals surface area contributed by atoms with Crippen molar-refractivity contribution in [1.29, 1.82) is 0 Å². The number of benzene rings is 1. The zero-order valence-electron chi connectivity index (χ0n) is 15.0. The van der Waals surface area contributed by atoms with E-state index in [1.165, 1.54) is 0 Å². The molecule has 0 saturated carbocycles. The highest BCUT2D eigenvalue weighted by molar-refractivity contribution is 7.90. The summed E-state index contributed by atoms with van der Waals surface area (Å²) in [5.74, 6) is 0.867. The van der Waals surface area contributed by atoms with Crippen LogP contribution in [0.2, 0.25) is 0 Å². The molecule has 2 aliphatic rings. The number of nitrogens with one attached hydrogen (secondary N) is 1. The fourth-order valence-electron chi connectivity index (χ4n) is 3.64. The van der Waals surface area contributed by atoms with Gasteiger partial charge >= 0.3 is 0 Å². The predicted molar refractivity (Wildman–Crippen MR) is 99.7 cm³/mol. The van der Waals surface area contributed by atoms with E-state index in [9.17, 15) is 13.2 Å². The van der Waals surface area contributed by atoms with Gasteiger partial charge in [0.15, 0.2) is 5.84 Å². The van der Waals surface area contributed by atoms with Crippen LogP contribution < -0.4 is 5.32 Å². The number of furan rings is 1. The van der Waals surface area contributed by atoms with Gasteiger partial charge in [-0.1, -0.05) is 12.1 Å². The van der Waals surface area contributed by atoms with E-state index in [2.05, 4.69) is 9.71 Å². The molecule has 27 heavy (non-hydrogen) atoms. The highest BCUT2D eigenvalue weighted by Crippen LogP contribution is 2.30. The van der Waals surface area contributed by atoms with Crippen molar-refractivity contribution in [1.82, 2.24) is 10.2 Å². The summed E-state index contributed by atoms with van der Waals surface area (Å²) in [5, 5.41) is 2.98. The summed E-state index contributed by atoms with van der Waals surface area (Å²) < 4.78 is 33.9. The molecule has 0 radical (unpaired) electrons. The SMILES string of the molecule is CC(NC(=O)C1CCCN(C2=NS(=O)(=O)c3ccccc32)C1)c1ccco1. The lowest BCUT2D eigenvalue weighted by Gasteiger charge is -2.33. The second kappa shape index (κ2) is 6.84. The summed E-state index contributed by atoms with van der Waals surface area (Å²) in [6.45, 7) is 3.00. The molecular weight excluding hydrogens is 366 g/mol. The Morgan fingerprint density at radius 2 is 2.11 bits per heavy atom. The molecule has 2 atom stereocenters. The maximum Gasteiger partial charge on any atom is 0.285 e. The Morgan fingerprint density at radius 3 is 2.89 bits per heavy atom. The van der Waals surface area contributed by atoms with E-state index in [1.807, 2.05) is 17.9 Å². The van der Waals surface area contributed by atoms with Crippen LogP contribution in [-0.2, 0) is 14.8 Å². The van der Waals surface area contributed by atoms with Gasteiger partial charge in [0, 0.05) is 18.7 Å². The van der Waals surface area contributed by atoms with Crippen molar-refractivity contribution in [2.75, 3.05) is 13.1 Å². The van der Waals surface area contributed by atoms with Gasteiger partial charge in [-0.2, -0.15) is 8.42 Å². The third kappa shape index (κ3) is 3.37. The van der Waals surface area contributed by atoms with Gasteiger partial charge in [-0.15, -0.1) is 4.40 Å². The average Bonchev–Trinajstić information content (AvgIpc) is 3.29. The fraction of sp³-hybridized carbons (Fsp3) is 0.368. The number of carbonyl (C=O) groups excluding carboxylic acids is 1. The van der Waals surface area contributed by atoms with Crippen LogP contribution in [0.3, 0.4) is 0 Å².